The molecule has 0 aliphatic carbocycles. The van der Waals surface area contributed by atoms with E-state index in [1.807, 2.05) is 80.6 Å². The summed E-state index contributed by atoms with van der Waals surface area (Å²) in [5, 5.41) is 1.90. The Hall–Kier alpha value is -2.85. The van der Waals surface area contributed by atoms with Crippen LogP contribution in [0.25, 0.3) is 16.3 Å². The maximum Gasteiger partial charge on any atom is 0.272 e. The summed E-state index contributed by atoms with van der Waals surface area (Å²) in [7, 11) is 0. The summed E-state index contributed by atoms with van der Waals surface area (Å²) in [6.07, 6.45) is 0. The second-order valence-electron chi connectivity index (χ2n) is 6.45. The van der Waals surface area contributed by atoms with Crippen molar-refractivity contribution in [3.8, 4) is 0 Å². The average molecular weight is 373 g/mol. The second-order valence-corrected chi connectivity index (χ2v) is 7.72. The van der Waals surface area contributed by atoms with Gasteiger partial charge >= 0.3 is 0 Å². The van der Waals surface area contributed by atoms with Gasteiger partial charge in [-0.3, -0.25) is 9.59 Å². The first-order valence-corrected chi connectivity index (χ1v) is 9.91. The van der Waals surface area contributed by atoms with E-state index >= 15 is 0 Å². The lowest BCUT2D eigenvalue weighted by atomic mass is 10.0. The van der Waals surface area contributed by atoms with E-state index < -0.39 is 0 Å². The van der Waals surface area contributed by atoms with Crippen LogP contribution in [-0.4, -0.2) is 17.6 Å². The minimum absolute atomic E-state index is 0.237. The molecule has 1 aliphatic rings. The Labute approximate surface area is 162 Å². The molecule has 0 bridgehead atoms. The van der Waals surface area contributed by atoms with E-state index in [4.69, 9.17) is 0 Å². The van der Waals surface area contributed by atoms with Gasteiger partial charge in [0.1, 0.15) is 0 Å². The quantitative estimate of drug-likeness (QED) is 0.591. The highest BCUT2D eigenvalue weighted by molar-refractivity contribution is 8.04. The van der Waals surface area contributed by atoms with Crippen molar-refractivity contribution in [2.75, 3.05) is 10.7 Å². The Balaban J connectivity index is 1.87. The Morgan fingerprint density at radius 2 is 1.56 bits per heavy atom. The lowest BCUT2D eigenvalue weighted by Gasteiger charge is -2.17. The Bertz CT molecular complexity index is 1080. The van der Waals surface area contributed by atoms with Crippen molar-refractivity contribution >= 4 is 45.6 Å². The fraction of sp³-hybridized carbons (Fsp3) is 0.130. The molecule has 3 nitrogen and oxygen atoms in total. The number of anilines is 1. The number of benzene rings is 3. The first-order chi connectivity index (χ1) is 13.1. The molecule has 1 aliphatic heterocycles. The SMILES string of the molecule is CCSC1=C(c2ccc(C)cc2)C(=O)N(c2cccc3ccccc23)C1=O. The van der Waals surface area contributed by atoms with Crippen LogP contribution in [0.15, 0.2) is 71.6 Å². The highest BCUT2D eigenvalue weighted by atomic mass is 32.2. The molecule has 4 rings (SSSR count). The van der Waals surface area contributed by atoms with Gasteiger partial charge in [0.05, 0.1) is 16.2 Å². The molecule has 0 spiro atoms. The number of nitrogens with zero attached hydrogens (tertiary/aromatic N) is 1. The van der Waals surface area contributed by atoms with Gasteiger partial charge in [0, 0.05) is 5.39 Å². The maximum absolute atomic E-state index is 13.4. The van der Waals surface area contributed by atoms with Crippen LogP contribution in [0.3, 0.4) is 0 Å². The molecule has 3 aromatic carbocycles. The van der Waals surface area contributed by atoms with E-state index in [1.165, 1.54) is 16.7 Å². The summed E-state index contributed by atoms with van der Waals surface area (Å²) in [6.45, 7) is 3.99. The number of carbonyl (C=O) groups is 2. The number of hydrogen-bond acceptors (Lipinski definition) is 3. The largest absolute Gasteiger partial charge is 0.272 e. The molecule has 4 heteroatoms. The minimum Gasteiger partial charge on any atom is -0.268 e. The number of hydrogen-bond donors (Lipinski definition) is 0. The van der Waals surface area contributed by atoms with Crippen molar-refractivity contribution in [1.82, 2.24) is 0 Å². The van der Waals surface area contributed by atoms with Crippen molar-refractivity contribution in [3.63, 3.8) is 0 Å². The van der Waals surface area contributed by atoms with E-state index in [-0.39, 0.29) is 11.8 Å². The summed E-state index contributed by atoms with van der Waals surface area (Å²) >= 11 is 1.43. The number of aryl methyl sites for hydroxylation is 1. The van der Waals surface area contributed by atoms with E-state index in [9.17, 15) is 9.59 Å². The molecule has 1 heterocycles. The summed E-state index contributed by atoms with van der Waals surface area (Å²) in [4.78, 5) is 28.4. The summed E-state index contributed by atoms with van der Waals surface area (Å²) in [6, 6.07) is 21.3. The predicted molar refractivity (Wildman–Crippen MR) is 113 cm³/mol. The fourth-order valence-electron chi connectivity index (χ4n) is 3.38. The highest BCUT2D eigenvalue weighted by Gasteiger charge is 2.40. The van der Waals surface area contributed by atoms with Gasteiger partial charge in [0.15, 0.2) is 0 Å². The van der Waals surface area contributed by atoms with Crippen molar-refractivity contribution in [3.05, 3.63) is 82.8 Å². The normalized spacial score (nSPS) is 14.5. The number of fused-ring (bicyclic) bond motifs is 1. The number of amides is 2. The van der Waals surface area contributed by atoms with Gasteiger partial charge in [0.2, 0.25) is 0 Å². The van der Waals surface area contributed by atoms with E-state index in [1.54, 1.807) is 0 Å². The van der Waals surface area contributed by atoms with Gasteiger partial charge in [-0.15, -0.1) is 11.8 Å². The molecule has 3 aromatic rings. The monoisotopic (exact) mass is 373 g/mol. The van der Waals surface area contributed by atoms with Gasteiger partial charge < -0.3 is 0 Å². The number of rotatable bonds is 4. The van der Waals surface area contributed by atoms with Crippen molar-refractivity contribution in [2.24, 2.45) is 0 Å². The number of carbonyl (C=O) groups excluding carboxylic acids is 2. The Morgan fingerprint density at radius 3 is 2.30 bits per heavy atom. The molecule has 27 heavy (non-hydrogen) atoms. The van der Waals surface area contributed by atoms with Crippen LogP contribution < -0.4 is 4.90 Å². The van der Waals surface area contributed by atoms with Crippen molar-refractivity contribution < 1.29 is 9.59 Å². The van der Waals surface area contributed by atoms with Crippen LogP contribution in [0.4, 0.5) is 5.69 Å². The highest BCUT2D eigenvalue weighted by Crippen LogP contribution is 2.40. The smallest absolute Gasteiger partial charge is 0.268 e. The standard InChI is InChI=1S/C23H19NO2S/c1-3-27-21-20(17-13-11-15(2)12-14-17)22(25)24(23(21)26)19-10-6-8-16-7-4-5-9-18(16)19/h4-14H,3H2,1-2H3. The molecule has 134 valence electrons. The molecule has 0 N–H and O–H groups in total. The molecule has 0 fully saturated rings. The third-order valence-electron chi connectivity index (χ3n) is 4.68. The van der Waals surface area contributed by atoms with Crippen molar-refractivity contribution in [1.29, 1.82) is 0 Å². The summed E-state index contributed by atoms with van der Waals surface area (Å²) < 4.78 is 0. The Morgan fingerprint density at radius 1 is 0.852 bits per heavy atom. The van der Waals surface area contributed by atoms with Crippen molar-refractivity contribution in [2.45, 2.75) is 13.8 Å². The van der Waals surface area contributed by atoms with Crippen LogP contribution in [0, 0.1) is 6.92 Å². The number of thioether (sulfide) groups is 1. The molecule has 0 unspecified atom stereocenters. The predicted octanol–water partition coefficient (Wildman–Crippen LogP) is 5.19. The zero-order valence-electron chi connectivity index (χ0n) is 15.2. The molecule has 0 radical (unpaired) electrons. The molecule has 0 aromatic heterocycles. The first kappa shape index (κ1) is 17.6. The zero-order chi connectivity index (χ0) is 19.0. The van der Waals surface area contributed by atoms with Gasteiger partial charge in [-0.05, 0) is 29.7 Å². The first-order valence-electron chi connectivity index (χ1n) is 8.92. The van der Waals surface area contributed by atoms with Gasteiger partial charge in [-0.1, -0.05) is 73.2 Å². The summed E-state index contributed by atoms with van der Waals surface area (Å²) in [5.74, 6) is 0.238. The molecule has 0 saturated heterocycles. The van der Waals surface area contributed by atoms with Crippen LogP contribution in [0.2, 0.25) is 0 Å². The minimum atomic E-state index is -0.254. The van der Waals surface area contributed by atoms with Gasteiger partial charge in [-0.2, -0.15) is 0 Å². The summed E-state index contributed by atoms with van der Waals surface area (Å²) in [5.41, 5.74) is 3.04. The Kier molecular flexibility index (Phi) is 4.58. The van der Waals surface area contributed by atoms with Gasteiger partial charge in [0.25, 0.3) is 11.8 Å². The zero-order valence-corrected chi connectivity index (χ0v) is 16.0. The van der Waals surface area contributed by atoms with E-state index in [0.29, 0.717) is 16.2 Å². The third-order valence-corrected chi connectivity index (χ3v) is 5.63. The topological polar surface area (TPSA) is 37.4 Å². The lowest BCUT2D eigenvalue weighted by molar-refractivity contribution is -0.119. The van der Waals surface area contributed by atoms with Crippen LogP contribution >= 0.6 is 11.8 Å². The van der Waals surface area contributed by atoms with E-state index in [2.05, 4.69) is 0 Å². The molecule has 2 amide bonds. The average Bonchev–Trinajstić information content (AvgIpc) is 2.92. The van der Waals surface area contributed by atoms with Crippen LogP contribution in [0.1, 0.15) is 18.1 Å². The third kappa shape index (κ3) is 2.96. The molecular formula is C23H19NO2S. The van der Waals surface area contributed by atoms with E-state index in [0.717, 1.165) is 27.7 Å². The van der Waals surface area contributed by atoms with Crippen LogP contribution in [0.5, 0.6) is 0 Å². The van der Waals surface area contributed by atoms with Gasteiger partial charge in [-0.25, -0.2) is 4.90 Å². The maximum atomic E-state index is 13.4. The lowest BCUT2D eigenvalue weighted by Crippen LogP contribution is -2.31. The molecular weight excluding hydrogens is 354 g/mol. The fourth-order valence-corrected chi connectivity index (χ4v) is 4.24. The number of imide groups is 1. The van der Waals surface area contributed by atoms with Crippen LogP contribution in [-0.2, 0) is 9.59 Å². The molecule has 0 atom stereocenters. The second kappa shape index (κ2) is 7.05. The molecule has 0 saturated carbocycles.